The molecule has 0 saturated carbocycles. The summed E-state index contributed by atoms with van der Waals surface area (Å²) in [5.41, 5.74) is 3.35. The summed E-state index contributed by atoms with van der Waals surface area (Å²) in [6.45, 7) is 8.03. The first-order valence-electron chi connectivity index (χ1n) is 5.76. The molecule has 1 unspecified atom stereocenters. The molecule has 0 N–H and O–H groups in total. The lowest BCUT2D eigenvalue weighted by Crippen LogP contribution is -2.04. The summed E-state index contributed by atoms with van der Waals surface area (Å²) in [5.74, 6) is 7.36. The number of hydrogen-bond acceptors (Lipinski definition) is 1. The molecule has 0 bridgehead atoms. The molecular formula is C15H19ClO. The molecule has 0 aliphatic heterocycles. The number of ether oxygens (including phenoxy) is 1. The summed E-state index contributed by atoms with van der Waals surface area (Å²) in [5, 5.41) is 0.801. The van der Waals surface area contributed by atoms with Crippen LogP contribution in [0.2, 0.25) is 5.02 Å². The molecule has 0 heterocycles. The van der Waals surface area contributed by atoms with Gasteiger partial charge in [0.25, 0.3) is 0 Å². The molecule has 0 aliphatic rings. The Morgan fingerprint density at radius 2 is 2.06 bits per heavy atom. The highest BCUT2D eigenvalue weighted by Crippen LogP contribution is 2.33. The average Bonchev–Trinajstić information content (AvgIpc) is 2.26. The summed E-state index contributed by atoms with van der Waals surface area (Å²) < 4.78 is 5.48. The third kappa shape index (κ3) is 3.17. The van der Waals surface area contributed by atoms with Crippen LogP contribution in [-0.2, 0) is 6.42 Å². The van der Waals surface area contributed by atoms with E-state index >= 15 is 0 Å². The van der Waals surface area contributed by atoms with Crippen LogP contribution in [0.4, 0.5) is 0 Å². The maximum atomic E-state index is 6.22. The largest absolute Gasteiger partial charge is 0.496 e. The second-order valence-electron chi connectivity index (χ2n) is 4.31. The van der Waals surface area contributed by atoms with Crippen molar-refractivity contribution in [3.05, 3.63) is 27.8 Å². The van der Waals surface area contributed by atoms with Gasteiger partial charge in [-0.2, -0.15) is 0 Å². The SMILES string of the molecule is CC#CC(C)Cc1c(C)c(Cl)cc(C)c1OC. The van der Waals surface area contributed by atoms with E-state index in [2.05, 4.69) is 18.8 Å². The molecule has 92 valence electrons. The van der Waals surface area contributed by atoms with E-state index in [0.717, 1.165) is 28.3 Å². The lowest BCUT2D eigenvalue weighted by Gasteiger charge is -2.17. The number of aryl methyl sites for hydroxylation is 1. The Morgan fingerprint density at radius 1 is 1.41 bits per heavy atom. The smallest absolute Gasteiger partial charge is 0.125 e. The second kappa shape index (κ2) is 5.98. The molecule has 0 aromatic heterocycles. The van der Waals surface area contributed by atoms with Gasteiger partial charge >= 0.3 is 0 Å². The number of halogens is 1. The fourth-order valence-electron chi connectivity index (χ4n) is 2.05. The number of benzene rings is 1. The minimum atomic E-state index is 0.311. The van der Waals surface area contributed by atoms with Gasteiger partial charge < -0.3 is 4.74 Å². The van der Waals surface area contributed by atoms with Gasteiger partial charge in [0.15, 0.2) is 0 Å². The van der Waals surface area contributed by atoms with E-state index in [4.69, 9.17) is 16.3 Å². The highest BCUT2D eigenvalue weighted by atomic mass is 35.5. The van der Waals surface area contributed by atoms with Crippen molar-refractivity contribution in [2.75, 3.05) is 7.11 Å². The zero-order chi connectivity index (χ0) is 13.0. The van der Waals surface area contributed by atoms with Crippen molar-refractivity contribution in [2.24, 2.45) is 5.92 Å². The third-order valence-electron chi connectivity index (χ3n) is 2.89. The van der Waals surface area contributed by atoms with E-state index in [1.165, 1.54) is 5.56 Å². The van der Waals surface area contributed by atoms with Gasteiger partial charge in [0.2, 0.25) is 0 Å². The van der Waals surface area contributed by atoms with Gasteiger partial charge in [-0.3, -0.25) is 0 Å². The molecule has 0 spiro atoms. The standard InChI is InChI=1S/C15H19ClO/c1-6-7-10(2)8-13-12(4)14(16)9-11(3)15(13)17-5/h9-10H,8H2,1-5H3. The molecule has 0 radical (unpaired) electrons. The zero-order valence-electron chi connectivity index (χ0n) is 11.1. The molecule has 0 aliphatic carbocycles. The van der Waals surface area contributed by atoms with Crippen LogP contribution in [0.5, 0.6) is 5.75 Å². The molecule has 1 aromatic rings. The fraction of sp³-hybridized carbons (Fsp3) is 0.467. The number of rotatable bonds is 3. The van der Waals surface area contributed by atoms with Crippen LogP contribution in [0.1, 0.15) is 30.5 Å². The van der Waals surface area contributed by atoms with Crippen LogP contribution in [-0.4, -0.2) is 7.11 Å². The van der Waals surface area contributed by atoms with Crippen molar-refractivity contribution in [1.29, 1.82) is 0 Å². The highest BCUT2D eigenvalue weighted by Gasteiger charge is 2.14. The molecule has 17 heavy (non-hydrogen) atoms. The Labute approximate surface area is 109 Å². The summed E-state index contributed by atoms with van der Waals surface area (Å²) in [6.07, 6.45) is 0.872. The molecule has 1 atom stereocenters. The third-order valence-corrected chi connectivity index (χ3v) is 3.28. The van der Waals surface area contributed by atoms with Crippen LogP contribution in [0.25, 0.3) is 0 Å². The van der Waals surface area contributed by atoms with Crippen LogP contribution >= 0.6 is 11.6 Å². The van der Waals surface area contributed by atoms with Crippen LogP contribution in [0, 0.1) is 31.6 Å². The predicted octanol–water partition coefficient (Wildman–Crippen LogP) is 4.17. The maximum Gasteiger partial charge on any atom is 0.125 e. The van der Waals surface area contributed by atoms with Crippen LogP contribution in [0.15, 0.2) is 6.07 Å². The Balaban J connectivity index is 3.23. The summed E-state index contributed by atoms with van der Waals surface area (Å²) in [4.78, 5) is 0. The van der Waals surface area contributed by atoms with Crippen molar-refractivity contribution in [2.45, 2.75) is 34.1 Å². The monoisotopic (exact) mass is 250 g/mol. The van der Waals surface area contributed by atoms with Gasteiger partial charge in [0.1, 0.15) is 5.75 Å². The van der Waals surface area contributed by atoms with Crippen LogP contribution in [0.3, 0.4) is 0 Å². The van der Waals surface area contributed by atoms with Crippen molar-refractivity contribution >= 4 is 11.6 Å². The summed E-state index contributed by atoms with van der Waals surface area (Å²) in [7, 11) is 1.70. The minimum Gasteiger partial charge on any atom is -0.496 e. The van der Waals surface area contributed by atoms with E-state index in [9.17, 15) is 0 Å². The Kier molecular flexibility index (Phi) is 4.90. The van der Waals surface area contributed by atoms with E-state index < -0.39 is 0 Å². The quantitative estimate of drug-likeness (QED) is 0.732. The van der Waals surface area contributed by atoms with Gasteiger partial charge in [0, 0.05) is 10.9 Å². The Hall–Kier alpha value is -1.13. The Morgan fingerprint density at radius 3 is 2.59 bits per heavy atom. The molecule has 1 nitrogen and oxygen atoms in total. The summed E-state index contributed by atoms with van der Waals surface area (Å²) in [6, 6.07) is 1.95. The molecular weight excluding hydrogens is 232 g/mol. The first kappa shape index (κ1) is 13.9. The van der Waals surface area contributed by atoms with E-state index in [1.54, 1.807) is 7.11 Å². The topological polar surface area (TPSA) is 9.23 Å². The van der Waals surface area contributed by atoms with Gasteiger partial charge in [-0.1, -0.05) is 18.5 Å². The molecule has 1 aromatic carbocycles. The Bertz CT molecular complexity index is 466. The molecule has 0 saturated heterocycles. The molecule has 0 amide bonds. The van der Waals surface area contributed by atoms with E-state index in [1.807, 2.05) is 26.8 Å². The van der Waals surface area contributed by atoms with Crippen molar-refractivity contribution in [1.82, 2.24) is 0 Å². The molecule has 2 heteroatoms. The first-order valence-corrected chi connectivity index (χ1v) is 6.13. The fourth-order valence-corrected chi connectivity index (χ4v) is 2.33. The molecule has 1 rings (SSSR count). The maximum absolute atomic E-state index is 6.22. The lowest BCUT2D eigenvalue weighted by atomic mass is 9.95. The van der Waals surface area contributed by atoms with Crippen LogP contribution < -0.4 is 4.74 Å². The highest BCUT2D eigenvalue weighted by molar-refractivity contribution is 6.31. The summed E-state index contributed by atoms with van der Waals surface area (Å²) >= 11 is 6.22. The van der Waals surface area contributed by atoms with E-state index in [-0.39, 0.29) is 0 Å². The van der Waals surface area contributed by atoms with E-state index in [0.29, 0.717) is 5.92 Å². The van der Waals surface area contributed by atoms with Crippen molar-refractivity contribution in [3.63, 3.8) is 0 Å². The second-order valence-corrected chi connectivity index (χ2v) is 4.72. The van der Waals surface area contributed by atoms with Gasteiger partial charge in [-0.25, -0.2) is 0 Å². The van der Waals surface area contributed by atoms with Crippen molar-refractivity contribution in [3.8, 4) is 17.6 Å². The lowest BCUT2D eigenvalue weighted by molar-refractivity contribution is 0.404. The van der Waals surface area contributed by atoms with Gasteiger partial charge in [0.05, 0.1) is 7.11 Å². The minimum absolute atomic E-state index is 0.311. The number of hydrogen-bond donors (Lipinski definition) is 0. The molecule has 0 fully saturated rings. The average molecular weight is 251 g/mol. The van der Waals surface area contributed by atoms with Gasteiger partial charge in [-0.15, -0.1) is 11.8 Å². The predicted molar refractivity (Wildman–Crippen MR) is 73.8 cm³/mol. The zero-order valence-corrected chi connectivity index (χ0v) is 11.9. The normalized spacial score (nSPS) is 11.6. The van der Waals surface area contributed by atoms with Crippen molar-refractivity contribution < 1.29 is 4.74 Å². The first-order chi connectivity index (χ1) is 8.01. The number of methoxy groups -OCH3 is 1. The van der Waals surface area contributed by atoms with Gasteiger partial charge in [-0.05, 0) is 49.9 Å².